The van der Waals surface area contributed by atoms with Gasteiger partial charge in [-0.2, -0.15) is 0 Å². The van der Waals surface area contributed by atoms with Crippen molar-refractivity contribution in [2.24, 2.45) is 0 Å². The van der Waals surface area contributed by atoms with Crippen LogP contribution in [0.25, 0.3) is 10.8 Å². The van der Waals surface area contributed by atoms with E-state index < -0.39 is 0 Å². The van der Waals surface area contributed by atoms with Crippen LogP contribution in [0, 0.1) is 0 Å². The molecule has 0 aliphatic rings. The van der Waals surface area contributed by atoms with Crippen LogP contribution in [-0.4, -0.2) is 5.11 Å². The highest BCUT2D eigenvalue weighted by Crippen LogP contribution is 2.31. The number of hydrogen-bond acceptors (Lipinski definition) is 2. The van der Waals surface area contributed by atoms with Crippen molar-refractivity contribution in [3.63, 3.8) is 0 Å². The standard InChI is InChI=1S/C19H18OS/c1-2-19(20)15-8-10-17(11-9-15)21-18-12-7-14-5-3-4-6-16(14)13-18/h3-13,19-20H,2H2,1H3. The molecular weight excluding hydrogens is 276 g/mol. The lowest BCUT2D eigenvalue weighted by molar-refractivity contribution is 0.173. The first kappa shape index (κ1) is 14.2. The first-order chi connectivity index (χ1) is 10.3. The fraction of sp³-hybridized carbons (Fsp3) is 0.158. The molecule has 1 N–H and O–H groups in total. The van der Waals surface area contributed by atoms with Gasteiger partial charge in [0.25, 0.3) is 0 Å². The summed E-state index contributed by atoms with van der Waals surface area (Å²) in [6, 6.07) is 23.1. The number of benzene rings is 3. The van der Waals surface area contributed by atoms with E-state index in [-0.39, 0.29) is 6.10 Å². The van der Waals surface area contributed by atoms with Crippen LogP contribution in [-0.2, 0) is 0 Å². The van der Waals surface area contributed by atoms with Crippen molar-refractivity contribution in [2.75, 3.05) is 0 Å². The third-order valence-electron chi connectivity index (χ3n) is 3.61. The van der Waals surface area contributed by atoms with Crippen molar-refractivity contribution in [3.8, 4) is 0 Å². The SMILES string of the molecule is CCC(O)c1ccc(Sc2ccc3ccccc3c2)cc1. The smallest absolute Gasteiger partial charge is 0.0787 e. The van der Waals surface area contributed by atoms with Gasteiger partial charge in [-0.05, 0) is 47.0 Å². The molecule has 0 radical (unpaired) electrons. The van der Waals surface area contributed by atoms with Crippen LogP contribution in [0.2, 0.25) is 0 Å². The lowest BCUT2D eigenvalue weighted by Crippen LogP contribution is -1.93. The van der Waals surface area contributed by atoms with Crippen molar-refractivity contribution in [3.05, 3.63) is 72.3 Å². The van der Waals surface area contributed by atoms with E-state index in [4.69, 9.17) is 0 Å². The van der Waals surface area contributed by atoms with Crippen molar-refractivity contribution < 1.29 is 5.11 Å². The minimum absolute atomic E-state index is 0.357. The Morgan fingerprint density at radius 1 is 0.857 bits per heavy atom. The highest BCUT2D eigenvalue weighted by atomic mass is 32.2. The van der Waals surface area contributed by atoms with Gasteiger partial charge < -0.3 is 5.11 Å². The van der Waals surface area contributed by atoms with Crippen molar-refractivity contribution >= 4 is 22.5 Å². The fourth-order valence-electron chi connectivity index (χ4n) is 2.36. The molecule has 1 unspecified atom stereocenters. The van der Waals surface area contributed by atoms with Crippen LogP contribution in [0.5, 0.6) is 0 Å². The second-order valence-electron chi connectivity index (χ2n) is 5.10. The average molecular weight is 294 g/mol. The van der Waals surface area contributed by atoms with Gasteiger partial charge in [0, 0.05) is 9.79 Å². The van der Waals surface area contributed by atoms with Gasteiger partial charge in [0.2, 0.25) is 0 Å². The van der Waals surface area contributed by atoms with Gasteiger partial charge in [0.1, 0.15) is 0 Å². The van der Waals surface area contributed by atoms with Crippen LogP contribution < -0.4 is 0 Å². The molecule has 0 amide bonds. The Labute approximate surface area is 129 Å². The summed E-state index contributed by atoms with van der Waals surface area (Å²) in [5, 5.41) is 12.4. The van der Waals surface area contributed by atoms with Gasteiger partial charge in [0.05, 0.1) is 6.10 Å². The first-order valence-corrected chi connectivity index (χ1v) is 8.02. The Morgan fingerprint density at radius 2 is 1.52 bits per heavy atom. The minimum Gasteiger partial charge on any atom is -0.388 e. The number of rotatable bonds is 4. The molecule has 0 bridgehead atoms. The minimum atomic E-state index is -0.357. The Morgan fingerprint density at radius 3 is 2.24 bits per heavy atom. The predicted octanol–water partition coefficient (Wildman–Crippen LogP) is 5.43. The molecule has 1 nitrogen and oxygen atoms in total. The van der Waals surface area contributed by atoms with Crippen LogP contribution >= 0.6 is 11.8 Å². The Kier molecular flexibility index (Phi) is 4.28. The van der Waals surface area contributed by atoms with Crippen LogP contribution in [0.15, 0.2) is 76.5 Å². The lowest BCUT2D eigenvalue weighted by Gasteiger charge is -2.09. The van der Waals surface area contributed by atoms with Crippen LogP contribution in [0.1, 0.15) is 25.0 Å². The summed E-state index contributed by atoms with van der Waals surface area (Å²) in [6.07, 6.45) is 0.390. The lowest BCUT2D eigenvalue weighted by atomic mass is 10.1. The van der Waals surface area contributed by atoms with Crippen molar-refractivity contribution in [2.45, 2.75) is 29.2 Å². The van der Waals surface area contributed by atoms with E-state index in [0.717, 1.165) is 12.0 Å². The third-order valence-corrected chi connectivity index (χ3v) is 4.61. The maximum Gasteiger partial charge on any atom is 0.0787 e. The van der Waals surface area contributed by atoms with E-state index in [1.165, 1.54) is 20.6 Å². The highest BCUT2D eigenvalue weighted by molar-refractivity contribution is 7.99. The molecule has 0 aliphatic heterocycles. The third kappa shape index (κ3) is 3.29. The molecule has 0 aromatic heterocycles. The maximum atomic E-state index is 9.82. The molecule has 21 heavy (non-hydrogen) atoms. The van der Waals surface area contributed by atoms with E-state index >= 15 is 0 Å². The second kappa shape index (κ2) is 6.33. The molecule has 0 aliphatic carbocycles. The molecule has 0 saturated heterocycles. The topological polar surface area (TPSA) is 20.2 Å². The summed E-state index contributed by atoms with van der Waals surface area (Å²) >= 11 is 1.75. The zero-order valence-corrected chi connectivity index (χ0v) is 12.8. The molecule has 3 rings (SSSR count). The van der Waals surface area contributed by atoms with E-state index in [0.29, 0.717) is 0 Å². The number of aliphatic hydroxyl groups is 1. The quantitative estimate of drug-likeness (QED) is 0.692. The largest absolute Gasteiger partial charge is 0.388 e. The number of aliphatic hydroxyl groups excluding tert-OH is 1. The molecule has 3 aromatic carbocycles. The number of fused-ring (bicyclic) bond motifs is 1. The van der Waals surface area contributed by atoms with E-state index in [1.54, 1.807) is 11.8 Å². The predicted molar refractivity (Wildman–Crippen MR) is 89.8 cm³/mol. The molecule has 106 valence electrons. The summed E-state index contributed by atoms with van der Waals surface area (Å²) in [4.78, 5) is 2.43. The normalized spacial score (nSPS) is 12.5. The molecule has 1 atom stereocenters. The molecule has 0 fully saturated rings. The zero-order chi connectivity index (χ0) is 14.7. The monoisotopic (exact) mass is 294 g/mol. The van der Waals surface area contributed by atoms with Gasteiger partial charge in [0.15, 0.2) is 0 Å². The Balaban J connectivity index is 1.81. The van der Waals surface area contributed by atoms with Gasteiger partial charge in [-0.25, -0.2) is 0 Å². The summed E-state index contributed by atoms with van der Waals surface area (Å²) in [7, 11) is 0. The molecule has 0 spiro atoms. The van der Waals surface area contributed by atoms with Crippen LogP contribution in [0.4, 0.5) is 0 Å². The van der Waals surface area contributed by atoms with Crippen molar-refractivity contribution in [1.82, 2.24) is 0 Å². The first-order valence-electron chi connectivity index (χ1n) is 7.21. The zero-order valence-electron chi connectivity index (χ0n) is 12.0. The van der Waals surface area contributed by atoms with Gasteiger partial charge in [-0.3, -0.25) is 0 Å². The summed E-state index contributed by atoms with van der Waals surface area (Å²) < 4.78 is 0. The molecule has 0 heterocycles. The van der Waals surface area contributed by atoms with E-state index in [2.05, 4.69) is 54.6 Å². The molecule has 2 heteroatoms. The maximum absolute atomic E-state index is 9.82. The van der Waals surface area contributed by atoms with E-state index in [9.17, 15) is 5.11 Å². The van der Waals surface area contributed by atoms with Crippen LogP contribution in [0.3, 0.4) is 0 Å². The fourth-order valence-corrected chi connectivity index (χ4v) is 3.23. The van der Waals surface area contributed by atoms with Gasteiger partial charge in [-0.1, -0.05) is 61.2 Å². The van der Waals surface area contributed by atoms with Gasteiger partial charge in [-0.15, -0.1) is 0 Å². The summed E-state index contributed by atoms with van der Waals surface area (Å²) in [6.45, 7) is 1.99. The molecule has 3 aromatic rings. The highest BCUT2D eigenvalue weighted by Gasteiger charge is 2.05. The number of hydrogen-bond donors (Lipinski definition) is 1. The van der Waals surface area contributed by atoms with Crippen molar-refractivity contribution in [1.29, 1.82) is 0 Å². The summed E-state index contributed by atoms with van der Waals surface area (Å²) in [5.74, 6) is 0. The molecule has 0 saturated carbocycles. The second-order valence-corrected chi connectivity index (χ2v) is 6.25. The Hall–Kier alpha value is -1.77. The summed E-state index contributed by atoms with van der Waals surface area (Å²) in [5.41, 5.74) is 0.986. The molecular formula is C19H18OS. The Bertz CT molecular complexity index is 734. The van der Waals surface area contributed by atoms with Gasteiger partial charge >= 0.3 is 0 Å². The average Bonchev–Trinajstić information content (AvgIpc) is 2.55. The van der Waals surface area contributed by atoms with E-state index in [1.807, 2.05) is 19.1 Å².